The maximum atomic E-state index is 12.3. The SMILES string of the molecule is NC(=O)CNc1cc(C(F)(F)F)ncc1N. The maximum Gasteiger partial charge on any atom is 0.433 e. The summed E-state index contributed by atoms with van der Waals surface area (Å²) in [5.41, 5.74) is 9.10. The van der Waals surface area contributed by atoms with Crippen molar-refractivity contribution in [2.75, 3.05) is 17.6 Å². The molecule has 5 N–H and O–H groups in total. The molecule has 1 amide bonds. The summed E-state index contributed by atoms with van der Waals surface area (Å²) >= 11 is 0. The topological polar surface area (TPSA) is 94.0 Å². The first-order valence-corrected chi connectivity index (χ1v) is 4.15. The molecule has 88 valence electrons. The standard InChI is InChI=1S/C8H9F3N4O/c9-8(10,11)6-1-5(4(12)2-15-6)14-3-7(13)16/h1-2H,3,12H2,(H2,13,16)(H,14,15). The lowest BCUT2D eigenvalue weighted by atomic mass is 10.2. The first-order chi connectivity index (χ1) is 7.30. The lowest BCUT2D eigenvalue weighted by molar-refractivity contribution is -0.141. The maximum absolute atomic E-state index is 12.3. The number of primary amides is 1. The van der Waals surface area contributed by atoms with Crippen LogP contribution in [0.25, 0.3) is 0 Å². The zero-order valence-corrected chi connectivity index (χ0v) is 8.01. The van der Waals surface area contributed by atoms with Crippen molar-refractivity contribution in [2.24, 2.45) is 5.73 Å². The van der Waals surface area contributed by atoms with Crippen LogP contribution in [0.1, 0.15) is 5.69 Å². The number of amides is 1. The van der Waals surface area contributed by atoms with Gasteiger partial charge in [0.05, 0.1) is 24.1 Å². The number of carbonyl (C=O) groups excluding carboxylic acids is 1. The molecule has 8 heteroatoms. The van der Waals surface area contributed by atoms with E-state index in [1.165, 1.54) is 0 Å². The van der Waals surface area contributed by atoms with E-state index in [0.717, 1.165) is 12.3 Å². The number of rotatable bonds is 3. The third-order valence-electron chi connectivity index (χ3n) is 1.68. The molecule has 0 aliphatic rings. The molecular formula is C8H9F3N4O. The van der Waals surface area contributed by atoms with Crippen LogP contribution in [0.3, 0.4) is 0 Å². The first-order valence-electron chi connectivity index (χ1n) is 4.15. The van der Waals surface area contributed by atoms with Crippen LogP contribution in [0, 0.1) is 0 Å². The van der Waals surface area contributed by atoms with E-state index in [9.17, 15) is 18.0 Å². The Morgan fingerprint density at radius 1 is 1.50 bits per heavy atom. The van der Waals surface area contributed by atoms with Crippen LogP contribution in [-0.2, 0) is 11.0 Å². The molecule has 0 radical (unpaired) electrons. The van der Waals surface area contributed by atoms with E-state index in [1.54, 1.807) is 0 Å². The number of hydrogen-bond acceptors (Lipinski definition) is 4. The third-order valence-corrected chi connectivity index (χ3v) is 1.68. The molecule has 1 rings (SSSR count). The molecule has 0 bridgehead atoms. The average Bonchev–Trinajstić information content (AvgIpc) is 2.14. The van der Waals surface area contributed by atoms with Gasteiger partial charge < -0.3 is 16.8 Å². The summed E-state index contributed by atoms with van der Waals surface area (Å²) in [6.45, 7) is -0.300. The fourth-order valence-corrected chi connectivity index (χ4v) is 0.956. The molecule has 0 aliphatic carbocycles. The second kappa shape index (κ2) is 4.25. The fourth-order valence-electron chi connectivity index (χ4n) is 0.956. The normalized spacial score (nSPS) is 11.2. The second-order valence-electron chi connectivity index (χ2n) is 2.97. The number of hydrogen-bond donors (Lipinski definition) is 3. The van der Waals surface area contributed by atoms with Gasteiger partial charge in [-0.15, -0.1) is 0 Å². The number of aromatic nitrogens is 1. The van der Waals surface area contributed by atoms with Gasteiger partial charge in [-0.25, -0.2) is 4.98 Å². The minimum absolute atomic E-state index is 0.00856. The summed E-state index contributed by atoms with van der Waals surface area (Å²) in [7, 11) is 0. The van der Waals surface area contributed by atoms with Crippen molar-refractivity contribution in [3.05, 3.63) is 18.0 Å². The van der Waals surface area contributed by atoms with Crippen molar-refractivity contribution in [2.45, 2.75) is 6.18 Å². The van der Waals surface area contributed by atoms with Gasteiger partial charge in [-0.1, -0.05) is 0 Å². The fraction of sp³-hybridized carbons (Fsp3) is 0.250. The van der Waals surface area contributed by atoms with E-state index in [-0.39, 0.29) is 17.9 Å². The number of alkyl halides is 3. The van der Waals surface area contributed by atoms with Gasteiger partial charge in [-0.2, -0.15) is 13.2 Å². The van der Waals surface area contributed by atoms with Crippen molar-refractivity contribution in [3.8, 4) is 0 Å². The van der Waals surface area contributed by atoms with Crippen molar-refractivity contribution >= 4 is 17.3 Å². The number of nitrogen functional groups attached to an aromatic ring is 1. The lowest BCUT2D eigenvalue weighted by Gasteiger charge is -2.11. The van der Waals surface area contributed by atoms with Crippen LogP contribution in [0.2, 0.25) is 0 Å². The first kappa shape index (κ1) is 12.1. The minimum Gasteiger partial charge on any atom is -0.396 e. The molecule has 16 heavy (non-hydrogen) atoms. The monoisotopic (exact) mass is 234 g/mol. The Hall–Kier alpha value is -1.99. The minimum atomic E-state index is -4.56. The predicted molar refractivity (Wildman–Crippen MR) is 51.3 cm³/mol. The molecule has 5 nitrogen and oxygen atoms in total. The summed E-state index contributed by atoms with van der Waals surface area (Å²) in [5.74, 6) is -0.704. The van der Waals surface area contributed by atoms with Gasteiger partial charge in [0, 0.05) is 0 Å². The number of nitrogens with one attached hydrogen (secondary N) is 1. The second-order valence-corrected chi connectivity index (χ2v) is 2.97. The third kappa shape index (κ3) is 3.01. The Kier molecular flexibility index (Phi) is 3.21. The Balaban J connectivity index is 2.95. The van der Waals surface area contributed by atoms with E-state index in [1.807, 2.05) is 0 Å². The molecule has 0 fully saturated rings. The highest BCUT2D eigenvalue weighted by molar-refractivity contribution is 5.80. The van der Waals surface area contributed by atoms with Crippen molar-refractivity contribution < 1.29 is 18.0 Å². The Morgan fingerprint density at radius 3 is 2.62 bits per heavy atom. The lowest BCUT2D eigenvalue weighted by Crippen LogP contribution is -2.22. The van der Waals surface area contributed by atoms with Crippen LogP contribution in [0.4, 0.5) is 24.5 Å². The Bertz CT molecular complexity index is 405. The average molecular weight is 234 g/mol. The number of nitrogens with zero attached hydrogens (tertiary/aromatic N) is 1. The highest BCUT2D eigenvalue weighted by atomic mass is 19.4. The predicted octanol–water partition coefficient (Wildman–Crippen LogP) is 0.580. The number of pyridine rings is 1. The zero-order valence-electron chi connectivity index (χ0n) is 8.01. The van der Waals surface area contributed by atoms with Gasteiger partial charge in [0.15, 0.2) is 0 Å². The summed E-state index contributed by atoms with van der Waals surface area (Å²) < 4.78 is 36.8. The Morgan fingerprint density at radius 2 is 2.12 bits per heavy atom. The van der Waals surface area contributed by atoms with Gasteiger partial charge in [-0.05, 0) is 6.07 Å². The van der Waals surface area contributed by atoms with Gasteiger partial charge in [-0.3, -0.25) is 4.79 Å². The van der Waals surface area contributed by atoms with Crippen molar-refractivity contribution in [1.82, 2.24) is 4.98 Å². The van der Waals surface area contributed by atoms with Gasteiger partial charge in [0.1, 0.15) is 5.69 Å². The molecule has 0 atom stereocenters. The van der Waals surface area contributed by atoms with Crippen LogP contribution >= 0.6 is 0 Å². The molecule has 0 spiro atoms. The van der Waals surface area contributed by atoms with E-state index in [4.69, 9.17) is 11.5 Å². The summed E-state index contributed by atoms with van der Waals surface area (Å²) in [6, 6.07) is 0.721. The van der Waals surface area contributed by atoms with E-state index in [0.29, 0.717) is 0 Å². The molecule has 0 saturated heterocycles. The van der Waals surface area contributed by atoms with E-state index < -0.39 is 17.8 Å². The summed E-state index contributed by atoms with van der Waals surface area (Å²) in [5, 5.41) is 2.39. The number of halogens is 3. The molecule has 1 aromatic rings. The summed E-state index contributed by atoms with van der Waals surface area (Å²) in [6.07, 6.45) is -3.69. The van der Waals surface area contributed by atoms with Crippen molar-refractivity contribution in [3.63, 3.8) is 0 Å². The largest absolute Gasteiger partial charge is 0.433 e. The molecule has 0 aromatic carbocycles. The number of nitrogens with two attached hydrogens (primary N) is 2. The highest BCUT2D eigenvalue weighted by Gasteiger charge is 2.32. The van der Waals surface area contributed by atoms with Crippen LogP contribution in [0.5, 0.6) is 0 Å². The van der Waals surface area contributed by atoms with Crippen LogP contribution in [-0.4, -0.2) is 17.4 Å². The molecule has 1 heterocycles. The van der Waals surface area contributed by atoms with Crippen LogP contribution in [0.15, 0.2) is 12.3 Å². The molecule has 1 aromatic heterocycles. The smallest absolute Gasteiger partial charge is 0.396 e. The Labute approximate surface area is 88.6 Å². The zero-order chi connectivity index (χ0) is 12.3. The van der Waals surface area contributed by atoms with Crippen molar-refractivity contribution in [1.29, 1.82) is 0 Å². The summed E-state index contributed by atoms with van der Waals surface area (Å²) in [4.78, 5) is 13.6. The number of anilines is 2. The molecule has 0 saturated carbocycles. The van der Waals surface area contributed by atoms with Gasteiger partial charge in [0.2, 0.25) is 5.91 Å². The van der Waals surface area contributed by atoms with Crippen LogP contribution < -0.4 is 16.8 Å². The quantitative estimate of drug-likeness (QED) is 0.713. The van der Waals surface area contributed by atoms with Gasteiger partial charge >= 0.3 is 6.18 Å². The highest BCUT2D eigenvalue weighted by Crippen LogP contribution is 2.30. The van der Waals surface area contributed by atoms with E-state index >= 15 is 0 Å². The van der Waals surface area contributed by atoms with E-state index in [2.05, 4.69) is 10.3 Å². The molecule has 0 unspecified atom stereocenters. The molecule has 0 aliphatic heterocycles. The molecular weight excluding hydrogens is 225 g/mol. The van der Waals surface area contributed by atoms with Gasteiger partial charge in [0.25, 0.3) is 0 Å². The number of carbonyl (C=O) groups is 1.